The van der Waals surface area contributed by atoms with Crippen molar-refractivity contribution in [1.82, 2.24) is 19.5 Å². The first-order chi connectivity index (χ1) is 12.4. The van der Waals surface area contributed by atoms with Gasteiger partial charge in [-0.05, 0) is 29.7 Å². The summed E-state index contributed by atoms with van der Waals surface area (Å²) in [6.07, 6.45) is 1.38. The first-order valence-electron chi connectivity index (χ1n) is 8.38. The third kappa shape index (κ3) is 2.61. The quantitative estimate of drug-likeness (QED) is 0.782. The van der Waals surface area contributed by atoms with E-state index in [0.29, 0.717) is 16.8 Å². The highest BCUT2D eigenvalue weighted by molar-refractivity contribution is 5.99. The van der Waals surface area contributed by atoms with E-state index in [9.17, 15) is 9.59 Å². The second kappa shape index (κ2) is 5.66. The lowest BCUT2D eigenvalue weighted by atomic mass is 9.84. The highest BCUT2D eigenvalue weighted by Gasteiger charge is 2.37. The zero-order valence-corrected chi connectivity index (χ0v) is 14.6. The van der Waals surface area contributed by atoms with Crippen LogP contribution >= 0.6 is 0 Å². The molecule has 0 radical (unpaired) electrons. The Kier molecular flexibility index (Phi) is 3.54. The van der Waals surface area contributed by atoms with E-state index in [1.54, 1.807) is 16.6 Å². The van der Waals surface area contributed by atoms with Gasteiger partial charge in [-0.1, -0.05) is 26.0 Å². The summed E-state index contributed by atoms with van der Waals surface area (Å²) in [5, 5.41) is 4.18. The molecule has 7 nitrogen and oxygen atoms in total. The van der Waals surface area contributed by atoms with Gasteiger partial charge >= 0.3 is 0 Å². The number of nitrogens with two attached hydrogens (primary N) is 1. The van der Waals surface area contributed by atoms with E-state index in [1.807, 2.05) is 29.2 Å². The molecule has 0 bridgehead atoms. The molecule has 3 aromatic rings. The molecule has 2 amide bonds. The minimum atomic E-state index is -0.548. The fourth-order valence-electron chi connectivity index (χ4n) is 3.42. The van der Waals surface area contributed by atoms with Gasteiger partial charge in [0.25, 0.3) is 11.8 Å². The minimum Gasteiger partial charge on any atom is -0.365 e. The van der Waals surface area contributed by atoms with Crippen LogP contribution in [0.25, 0.3) is 16.9 Å². The monoisotopic (exact) mass is 349 g/mol. The van der Waals surface area contributed by atoms with Crippen molar-refractivity contribution in [2.24, 2.45) is 11.1 Å². The van der Waals surface area contributed by atoms with Crippen molar-refractivity contribution in [3.8, 4) is 11.3 Å². The maximum Gasteiger partial charge on any atom is 0.253 e. The summed E-state index contributed by atoms with van der Waals surface area (Å²) >= 11 is 0. The molecule has 1 saturated heterocycles. The molecule has 0 spiro atoms. The Morgan fingerprint density at radius 1 is 1.08 bits per heavy atom. The summed E-state index contributed by atoms with van der Waals surface area (Å²) in [7, 11) is 0. The lowest BCUT2D eigenvalue weighted by Gasteiger charge is -2.45. The number of carbonyl (C=O) groups excluding carboxylic acids is 2. The summed E-state index contributed by atoms with van der Waals surface area (Å²) < 4.78 is 1.58. The lowest BCUT2D eigenvalue weighted by molar-refractivity contribution is 0.0236. The van der Waals surface area contributed by atoms with E-state index < -0.39 is 5.91 Å². The van der Waals surface area contributed by atoms with Crippen molar-refractivity contribution in [2.75, 3.05) is 13.1 Å². The Morgan fingerprint density at radius 2 is 1.77 bits per heavy atom. The van der Waals surface area contributed by atoms with Crippen molar-refractivity contribution in [2.45, 2.75) is 13.8 Å². The number of nitrogens with zero attached hydrogens (tertiary/aromatic N) is 4. The average molecular weight is 349 g/mol. The van der Waals surface area contributed by atoms with Crippen LogP contribution in [-0.4, -0.2) is 44.4 Å². The molecule has 1 aliphatic rings. The number of carbonyl (C=O) groups is 2. The average Bonchev–Trinajstić information content (AvgIpc) is 3.07. The predicted molar refractivity (Wildman–Crippen MR) is 96.6 cm³/mol. The third-order valence-electron chi connectivity index (χ3n) is 4.64. The largest absolute Gasteiger partial charge is 0.365 e. The first-order valence-corrected chi connectivity index (χ1v) is 8.38. The maximum absolute atomic E-state index is 12.5. The third-order valence-corrected chi connectivity index (χ3v) is 4.64. The molecule has 0 atom stereocenters. The highest BCUT2D eigenvalue weighted by Crippen LogP contribution is 2.30. The van der Waals surface area contributed by atoms with Gasteiger partial charge in [-0.3, -0.25) is 9.59 Å². The normalized spacial score (nSPS) is 15.7. The molecule has 2 aromatic heterocycles. The van der Waals surface area contributed by atoms with Gasteiger partial charge in [-0.2, -0.15) is 5.10 Å². The van der Waals surface area contributed by atoms with Gasteiger partial charge in [0, 0.05) is 24.2 Å². The van der Waals surface area contributed by atoms with Crippen molar-refractivity contribution in [1.29, 1.82) is 0 Å². The van der Waals surface area contributed by atoms with Crippen molar-refractivity contribution in [3.05, 3.63) is 53.9 Å². The molecule has 0 aliphatic carbocycles. The van der Waals surface area contributed by atoms with Gasteiger partial charge in [-0.15, -0.1) is 0 Å². The van der Waals surface area contributed by atoms with Crippen LogP contribution in [0.2, 0.25) is 0 Å². The van der Waals surface area contributed by atoms with Crippen molar-refractivity contribution in [3.63, 3.8) is 0 Å². The molecule has 0 unspecified atom stereocenters. The summed E-state index contributed by atoms with van der Waals surface area (Å²) in [5.41, 5.74) is 8.62. The van der Waals surface area contributed by atoms with Crippen LogP contribution in [0.15, 0.2) is 42.7 Å². The van der Waals surface area contributed by atoms with E-state index >= 15 is 0 Å². The Bertz CT molecular complexity index is 1010. The Labute approximate surface area is 150 Å². The highest BCUT2D eigenvalue weighted by atomic mass is 16.2. The second-order valence-electron chi connectivity index (χ2n) is 7.39. The Hall–Kier alpha value is -3.22. The number of hydrogen-bond donors (Lipinski definition) is 1. The van der Waals surface area contributed by atoms with Crippen molar-refractivity contribution < 1.29 is 9.59 Å². The number of aromatic nitrogens is 3. The smallest absolute Gasteiger partial charge is 0.253 e. The number of fused-ring (bicyclic) bond motifs is 1. The molecular weight excluding hydrogens is 330 g/mol. The molecule has 1 fully saturated rings. The molecule has 7 heteroatoms. The van der Waals surface area contributed by atoms with Gasteiger partial charge < -0.3 is 10.6 Å². The molecule has 2 N–H and O–H groups in total. The molecule has 3 heterocycles. The standard InChI is InChI=1S/C19H19N5O2/c1-19(2)9-23(10-19)18(26)13-5-3-12(4-6-13)15-8-7-14(16(20)25)17-21-11-22-24(15)17/h3-8,11H,9-10H2,1-2H3,(H2,20,25). The van der Waals surface area contributed by atoms with E-state index in [1.165, 1.54) is 6.33 Å². The number of likely N-dealkylation sites (tertiary alicyclic amines) is 1. The van der Waals surface area contributed by atoms with Crippen LogP contribution in [-0.2, 0) is 0 Å². The van der Waals surface area contributed by atoms with Gasteiger partial charge in [-0.25, -0.2) is 9.50 Å². The maximum atomic E-state index is 12.5. The zero-order chi connectivity index (χ0) is 18.5. The summed E-state index contributed by atoms with van der Waals surface area (Å²) in [6, 6.07) is 10.8. The molecular formula is C19H19N5O2. The van der Waals surface area contributed by atoms with E-state index in [2.05, 4.69) is 23.9 Å². The van der Waals surface area contributed by atoms with Gasteiger partial charge in [0.05, 0.1) is 11.3 Å². The molecule has 1 aliphatic heterocycles. The van der Waals surface area contributed by atoms with Gasteiger partial charge in [0.1, 0.15) is 6.33 Å². The number of primary amides is 1. The predicted octanol–water partition coefficient (Wildman–Crippen LogP) is 1.98. The number of pyridine rings is 1. The molecule has 4 rings (SSSR count). The number of hydrogen-bond acceptors (Lipinski definition) is 4. The van der Waals surface area contributed by atoms with Crippen LogP contribution in [0.4, 0.5) is 0 Å². The zero-order valence-electron chi connectivity index (χ0n) is 14.6. The number of rotatable bonds is 3. The molecule has 0 saturated carbocycles. The summed E-state index contributed by atoms with van der Waals surface area (Å²) in [4.78, 5) is 30.0. The Morgan fingerprint density at radius 3 is 2.38 bits per heavy atom. The molecule has 26 heavy (non-hydrogen) atoms. The topological polar surface area (TPSA) is 93.6 Å². The van der Waals surface area contributed by atoms with Crippen LogP contribution < -0.4 is 5.73 Å². The first kappa shape index (κ1) is 16.3. The van der Waals surface area contributed by atoms with Crippen molar-refractivity contribution >= 4 is 17.5 Å². The summed E-state index contributed by atoms with van der Waals surface area (Å²) in [5.74, 6) is -0.501. The summed E-state index contributed by atoms with van der Waals surface area (Å²) in [6.45, 7) is 5.86. The molecule has 1 aromatic carbocycles. The van der Waals surface area contributed by atoms with Crippen LogP contribution in [0, 0.1) is 5.41 Å². The fourth-order valence-corrected chi connectivity index (χ4v) is 3.42. The van der Waals surface area contributed by atoms with E-state index in [-0.39, 0.29) is 11.3 Å². The minimum absolute atomic E-state index is 0.0471. The number of amides is 2. The number of benzene rings is 1. The SMILES string of the molecule is CC1(C)CN(C(=O)c2ccc(-c3ccc(C(N)=O)c4ncnn34)cc2)C1. The van der Waals surface area contributed by atoms with Crippen LogP contribution in [0.3, 0.4) is 0 Å². The lowest BCUT2D eigenvalue weighted by Crippen LogP contribution is -2.55. The Balaban J connectivity index is 1.65. The van der Waals surface area contributed by atoms with Gasteiger partial charge in [0.2, 0.25) is 0 Å². The fraction of sp³-hybridized carbons (Fsp3) is 0.263. The van der Waals surface area contributed by atoms with E-state index in [0.717, 1.165) is 24.3 Å². The molecule has 132 valence electrons. The van der Waals surface area contributed by atoms with E-state index in [4.69, 9.17) is 5.73 Å². The van der Waals surface area contributed by atoms with Crippen LogP contribution in [0.1, 0.15) is 34.6 Å². The van der Waals surface area contributed by atoms with Crippen LogP contribution in [0.5, 0.6) is 0 Å². The van der Waals surface area contributed by atoms with Gasteiger partial charge in [0.15, 0.2) is 5.65 Å². The second-order valence-corrected chi connectivity index (χ2v) is 7.39.